The molecule has 0 saturated carbocycles. The van der Waals surface area contributed by atoms with Crippen LogP contribution in [0.4, 0.5) is 13.2 Å². The fraction of sp³-hybridized carbons (Fsp3) is 0.714. The Hall–Kier alpha value is -1.06. The lowest BCUT2D eigenvalue weighted by Gasteiger charge is -2.14. The van der Waals surface area contributed by atoms with Crippen LogP contribution in [0, 0.1) is 6.92 Å². The van der Waals surface area contributed by atoms with Gasteiger partial charge in [-0.05, 0) is 38.4 Å². The summed E-state index contributed by atoms with van der Waals surface area (Å²) >= 11 is 10.9. The fourth-order valence-corrected chi connectivity index (χ4v) is 2.86. The third-order valence-electron chi connectivity index (χ3n) is 3.75. The zero-order chi connectivity index (χ0) is 17.7. The molecule has 0 radical (unpaired) electrons. The van der Waals surface area contributed by atoms with Crippen LogP contribution in [0.3, 0.4) is 0 Å². The fourth-order valence-electron chi connectivity index (χ4n) is 2.43. The van der Waals surface area contributed by atoms with Gasteiger partial charge in [0.1, 0.15) is 0 Å². The van der Waals surface area contributed by atoms with Gasteiger partial charge in [-0.25, -0.2) is 0 Å². The van der Waals surface area contributed by atoms with Crippen molar-refractivity contribution in [2.45, 2.75) is 45.0 Å². The van der Waals surface area contributed by atoms with Gasteiger partial charge in [-0.15, -0.1) is 0 Å². The topological polar surface area (TPSA) is 51.1 Å². The van der Waals surface area contributed by atoms with Crippen LogP contribution in [0.1, 0.15) is 30.7 Å². The smallest absolute Gasteiger partial charge is 0.376 e. The van der Waals surface area contributed by atoms with Gasteiger partial charge in [0, 0.05) is 26.2 Å². The first-order valence-corrected chi connectivity index (χ1v) is 8.51. The Morgan fingerprint density at radius 2 is 2.21 bits per heavy atom. The maximum atomic E-state index is 12.7. The highest BCUT2D eigenvalue weighted by Crippen LogP contribution is 2.35. The van der Waals surface area contributed by atoms with Gasteiger partial charge < -0.3 is 15.4 Å². The van der Waals surface area contributed by atoms with Crippen molar-refractivity contribution in [3.05, 3.63) is 16.4 Å². The van der Waals surface area contributed by atoms with Gasteiger partial charge in [-0.2, -0.15) is 18.3 Å². The summed E-state index contributed by atoms with van der Waals surface area (Å²) in [5.41, 5.74) is -0.730. The van der Waals surface area contributed by atoms with Gasteiger partial charge in [0.05, 0.1) is 16.8 Å². The molecule has 2 rings (SSSR count). The van der Waals surface area contributed by atoms with Gasteiger partial charge in [0.25, 0.3) is 0 Å². The lowest BCUT2D eigenvalue weighted by Crippen LogP contribution is -2.39. The van der Waals surface area contributed by atoms with E-state index in [1.165, 1.54) is 11.6 Å². The number of nitrogens with zero attached hydrogens (tertiary/aromatic N) is 2. The van der Waals surface area contributed by atoms with Gasteiger partial charge in [0.15, 0.2) is 10.8 Å². The van der Waals surface area contributed by atoms with Crippen LogP contribution in [0.25, 0.3) is 0 Å². The molecule has 24 heavy (non-hydrogen) atoms. The minimum atomic E-state index is -4.54. The lowest BCUT2D eigenvalue weighted by atomic mass is 10.2. The first kappa shape index (κ1) is 19.3. The molecule has 0 aliphatic carbocycles. The van der Waals surface area contributed by atoms with Gasteiger partial charge in [-0.3, -0.25) is 4.68 Å². The largest absolute Gasteiger partial charge is 0.436 e. The van der Waals surface area contributed by atoms with E-state index in [2.05, 4.69) is 15.7 Å². The van der Waals surface area contributed by atoms with Crippen molar-refractivity contribution in [3.8, 4) is 0 Å². The number of rotatable bonds is 6. The molecule has 1 atom stereocenters. The van der Waals surface area contributed by atoms with Crippen molar-refractivity contribution in [1.29, 1.82) is 0 Å². The number of hydrogen-bond donors (Lipinski definition) is 2. The molecule has 1 saturated heterocycles. The van der Waals surface area contributed by atoms with E-state index in [0.29, 0.717) is 36.9 Å². The van der Waals surface area contributed by atoms with Crippen LogP contribution in [-0.2, 0) is 17.5 Å². The summed E-state index contributed by atoms with van der Waals surface area (Å²) in [5, 5.41) is 9.81. The Labute approximate surface area is 148 Å². The van der Waals surface area contributed by atoms with Crippen LogP contribution in [0.15, 0.2) is 0 Å². The molecule has 0 amide bonds. The van der Waals surface area contributed by atoms with Crippen molar-refractivity contribution in [3.63, 3.8) is 0 Å². The minimum absolute atomic E-state index is 0.194. The SMILES string of the molecule is Cc1c(Cl)c(C(F)(F)F)nn1CCCNC(=S)NCC1CCCO1. The van der Waals surface area contributed by atoms with E-state index >= 15 is 0 Å². The number of nitrogens with one attached hydrogen (secondary N) is 2. The summed E-state index contributed by atoms with van der Waals surface area (Å²) in [6.07, 6.45) is -1.69. The summed E-state index contributed by atoms with van der Waals surface area (Å²) < 4.78 is 45.0. The number of aryl methyl sites for hydroxylation is 1. The number of hydrogen-bond acceptors (Lipinski definition) is 3. The predicted octanol–water partition coefficient (Wildman–Crippen LogP) is 2.90. The van der Waals surface area contributed by atoms with Crippen molar-refractivity contribution < 1.29 is 17.9 Å². The highest BCUT2D eigenvalue weighted by molar-refractivity contribution is 7.80. The monoisotopic (exact) mass is 384 g/mol. The molecule has 1 aliphatic heterocycles. The van der Waals surface area contributed by atoms with Crippen molar-refractivity contribution in [1.82, 2.24) is 20.4 Å². The summed E-state index contributed by atoms with van der Waals surface area (Å²) in [4.78, 5) is 0. The average molecular weight is 385 g/mol. The molecule has 10 heteroatoms. The zero-order valence-electron chi connectivity index (χ0n) is 13.2. The van der Waals surface area contributed by atoms with Gasteiger partial charge in [0.2, 0.25) is 0 Å². The summed E-state index contributed by atoms with van der Waals surface area (Å²) in [5.74, 6) is 0. The maximum absolute atomic E-state index is 12.7. The van der Waals surface area contributed by atoms with Crippen LogP contribution >= 0.6 is 23.8 Å². The highest BCUT2D eigenvalue weighted by atomic mass is 35.5. The highest BCUT2D eigenvalue weighted by Gasteiger charge is 2.38. The van der Waals surface area contributed by atoms with Crippen LogP contribution in [0.5, 0.6) is 0 Å². The average Bonchev–Trinajstić information content (AvgIpc) is 3.12. The van der Waals surface area contributed by atoms with Crippen molar-refractivity contribution in [2.24, 2.45) is 0 Å². The third-order valence-corrected chi connectivity index (χ3v) is 4.49. The van der Waals surface area contributed by atoms with E-state index in [4.69, 9.17) is 28.6 Å². The Morgan fingerprint density at radius 3 is 2.79 bits per heavy atom. The Balaban J connectivity index is 1.71. The molecule has 1 aromatic heterocycles. The quantitative estimate of drug-likeness (QED) is 0.583. The van der Waals surface area contributed by atoms with Crippen LogP contribution in [0.2, 0.25) is 5.02 Å². The summed E-state index contributed by atoms with van der Waals surface area (Å²) in [6.45, 7) is 3.82. The predicted molar refractivity (Wildman–Crippen MR) is 89.2 cm³/mol. The molecule has 1 unspecified atom stereocenters. The summed E-state index contributed by atoms with van der Waals surface area (Å²) in [7, 11) is 0. The van der Waals surface area contributed by atoms with E-state index in [1.807, 2.05) is 0 Å². The van der Waals surface area contributed by atoms with Crippen LogP contribution in [-0.4, -0.2) is 40.7 Å². The Morgan fingerprint density at radius 1 is 1.46 bits per heavy atom. The normalized spacial score (nSPS) is 18.0. The minimum Gasteiger partial charge on any atom is -0.376 e. The van der Waals surface area contributed by atoms with E-state index in [0.717, 1.165) is 19.4 Å². The molecule has 1 aromatic rings. The standard InChI is InChI=1S/C14H20ClF3N4OS/c1-9-11(15)12(14(16,17)18)21-22(9)6-3-5-19-13(24)20-8-10-4-2-7-23-10/h10H,2-8H2,1H3,(H2,19,20,24). The molecule has 2 heterocycles. The molecule has 0 aromatic carbocycles. The van der Waals surface area contributed by atoms with Gasteiger partial charge in [-0.1, -0.05) is 11.6 Å². The zero-order valence-corrected chi connectivity index (χ0v) is 14.8. The summed E-state index contributed by atoms with van der Waals surface area (Å²) in [6, 6.07) is 0. The first-order valence-electron chi connectivity index (χ1n) is 7.72. The molecule has 2 N–H and O–H groups in total. The second-order valence-electron chi connectivity index (χ2n) is 5.59. The second kappa shape index (κ2) is 8.35. The Bertz CT molecular complexity index is 573. The van der Waals surface area contributed by atoms with E-state index in [1.54, 1.807) is 0 Å². The number of halogens is 4. The van der Waals surface area contributed by atoms with Crippen LogP contribution < -0.4 is 10.6 Å². The number of ether oxygens (including phenoxy) is 1. The molecule has 5 nitrogen and oxygen atoms in total. The number of alkyl halides is 3. The third kappa shape index (κ3) is 5.22. The van der Waals surface area contributed by atoms with E-state index < -0.39 is 11.9 Å². The molecule has 136 valence electrons. The molecule has 0 bridgehead atoms. The molecular formula is C14H20ClF3N4OS. The van der Waals surface area contributed by atoms with E-state index in [-0.39, 0.29) is 11.1 Å². The lowest BCUT2D eigenvalue weighted by molar-refractivity contribution is -0.141. The first-order chi connectivity index (χ1) is 11.3. The van der Waals surface area contributed by atoms with Crippen molar-refractivity contribution >= 4 is 28.9 Å². The molecule has 1 fully saturated rings. The maximum Gasteiger partial charge on any atom is 0.436 e. The van der Waals surface area contributed by atoms with Crippen molar-refractivity contribution in [2.75, 3.05) is 19.7 Å². The Kier molecular flexibility index (Phi) is 6.70. The number of thiocarbonyl (C=S) groups is 1. The molecule has 1 aliphatic rings. The number of aromatic nitrogens is 2. The van der Waals surface area contributed by atoms with Gasteiger partial charge >= 0.3 is 6.18 Å². The van der Waals surface area contributed by atoms with E-state index in [9.17, 15) is 13.2 Å². The molecular weight excluding hydrogens is 365 g/mol. The molecule has 0 spiro atoms. The second-order valence-corrected chi connectivity index (χ2v) is 6.38.